The predicted molar refractivity (Wildman–Crippen MR) is 111 cm³/mol. The number of piperidine rings is 2. The van der Waals surface area contributed by atoms with Crippen molar-refractivity contribution in [3.05, 3.63) is 39.4 Å². The number of hydrogen-bond donors (Lipinski definition) is 1. The molecule has 2 aromatic heterocycles. The lowest BCUT2D eigenvalue weighted by molar-refractivity contribution is -0.123. The van der Waals surface area contributed by atoms with Gasteiger partial charge in [0, 0.05) is 38.2 Å². The number of aryl methyl sites for hydroxylation is 1. The van der Waals surface area contributed by atoms with Gasteiger partial charge in [-0.05, 0) is 49.6 Å². The van der Waals surface area contributed by atoms with E-state index >= 15 is 0 Å². The Kier molecular flexibility index (Phi) is 5.90. The van der Waals surface area contributed by atoms with Crippen molar-refractivity contribution in [3.63, 3.8) is 0 Å². The Bertz CT molecular complexity index is 944. The quantitative estimate of drug-likeness (QED) is 0.801. The zero-order valence-corrected chi connectivity index (χ0v) is 17.8. The fraction of sp³-hybridized carbons (Fsp3) is 0.524. The van der Waals surface area contributed by atoms with E-state index < -0.39 is 0 Å². The second-order valence-corrected chi connectivity index (χ2v) is 9.07. The number of aromatic nitrogens is 1. The molecule has 0 saturated carbocycles. The Balaban J connectivity index is 1.35. The number of hydrogen-bond acceptors (Lipinski definition) is 6. The molecule has 9 heteroatoms. The van der Waals surface area contributed by atoms with Crippen molar-refractivity contribution < 1.29 is 18.9 Å². The van der Waals surface area contributed by atoms with E-state index in [1.54, 1.807) is 11.0 Å². The fourth-order valence-electron chi connectivity index (χ4n) is 4.21. The van der Waals surface area contributed by atoms with Crippen molar-refractivity contribution >= 4 is 29.1 Å². The van der Waals surface area contributed by atoms with E-state index in [2.05, 4.69) is 5.16 Å². The molecule has 0 spiro atoms. The third-order valence-corrected chi connectivity index (χ3v) is 7.03. The smallest absolute Gasteiger partial charge is 0.292 e. The van der Waals surface area contributed by atoms with E-state index in [9.17, 15) is 14.4 Å². The summed E-state index contributed by atoms with van der Waals surface area (Å²) < 4.78 is 5.34. The summed E-state index contributed by atoms with van der Waals surface area (Å²) in [6, 6.07) is 3.64. The molecule has 4 heterocycles. The lowest BCUT2D eigenvalue weighted by Gasteiger charge is -2.31. The molecule has 4 rings (SSSR count). The van der Waals surface area contributed by atoms with Gasteiger partial charge in [0.05, 0.1) is 16.5 Å². The van der Waals surface area contributed by atoms with Crippen LogP contribution in [0, 0.1) is 12.8 Å². The molecule has 2 aliphatic rings. The first-order valence-electron chi connectivity index (χ1n) is 10.3. The molecule has 2 fully saturated rings. The highest BCUT2D eigenvalue weighted by Crippen LogP contribution is 2.30. The zero-order chi connectivity index (χ0) is 21.3. The summed E-state index contributed by atoms with van der Waals surface area (Å²) in [4.78, 5) is 41.1. The first-order valence-corrected chi connectivity index (χ1v) is 11.2. The highest BCUT2D eigenvalue weighted by molar-refractivity contribution is 7.12. The van der Waals surface area contributed by atoms with E-state index in [1.165, 1.54) is 11.3 Å². The second kappa shape index (κ2) is 8.59. The molecule has 2 aliphatic heterocycles. The number of nitrogens with zero attached hydrogens (tertiary/aromatic N) is 3. The zero-order valence-electron chi connectivity index (χ0n) is 17.0. The number of nitrogens with two attached hydrogens (primary N) is 1. The van der Waals surface area contributed by atoms with Crippen LogP contribution >= 0.6 is 11.3 Å². The third-order valence-electron chi connectivity index (χ3n) is 5.99. The van der Waals surface area contributed by atoms with Crippen LogP contribution in [-0.2, 0) is 4.79 Å². The highest BCUT2D eigenvalue weighted by atomic mass is 32.1. The maximum Gasteiger partial charge on any atom is 0.292 e. The molecule has 2 aromatic rings. The number of thiophene rings is 1. The average Bonchev–Trinajstić information content (AvgIpc) is 3.42. The monoisotopic (exact) mass is 430 g/mol. The molecule has 3 amide bonds. The molecule has 1 unspecified atom stereocenters. The van der Waals surface area contributed by atoms with E-state index in [-0.39, 0.29) is 35.3 Å². The van der Waals surface area contributed by atoms with Crippen LogP contribution in [0.3, 0.4) is 0 Å². The molecule has 2 saturated heterocycles. The molecule has 0 aliphatic carbocycles. The minimum absolute atomic E-state index is 0.0803. The van der Waals surface area contributed by atoms with Crippen LogP contribution < -0.4 is 5.73 Å². The molecular weight excluding hydrogens is 404 g/mol. The number of amides is 3. The largest absolute Gasteiger partial charge is 0.369 e. The van der Waals surface area contributed by atoms with Crippen molar-refractivity contribution in [1.29, 1.82) is 0 Å². The van der Waals surface area contributed by atoms with Crippen LogP contribution in [0.2, 0.25) is 0 Å². The first kappa shape index (κ1) is 20.6. The van der Waals surface area contributed by atoms with Gasteiger partial charge in [-0.25, -0.2) is 0 Å². The number of rotatable bonds is 4. The molecule has 2 N–H and O–H groups in total. The molecule has 0 radical (unpaired) electrons. The van der Waals surface area contributed by atoms with Crippen LogP contribution in [0.1, 0.15) is 63.1 Å². The Labute approximate surface area is 179 Å². The standard InChI is InChI=1S/C21H26N4O4S/c1-13-9-18(30-12-13)21(28)24-7-4-14(5-8-24)16-10-17(29-23-16)20(27)25-6-2-3-15(11-25)19(22)26/h9-10,12,14-15H,2-8,11H2,1H3,(H2,22,26). The Morgan fingerprint density at radius 1 is 1.10 bits per heavy atom. The predicted octanol–water partition coefficient (Wildman–Crippen LogP) is 2.40. The lowest BCUT2D eigenvalue weighted by atomic mass is 9.93. The van der Waals surface area contributed by atoms with Crippen LogP contribution in [0.5, 0.6) is 0 Å². The topological polar surface area (TPSA) is 110 Å². The van der Waals surface area contributed by atoms with Gasteiger partial charge in [0.1, 0.15) is 0 Å². The Morgan fingerprint density at radius 2 is 1.87 bits per heavy atom. The molecule has 0 aromatic carbocycles. The van der Waals surface area contributed by atoms with Crippen LogP contribution in [0.15, 0.2) is 22.0 Å². The van der Waals surface area contributed by atoms with Gasteiger partial charge in [0.2, 0.25) is 11.7 Å². The van der Waals surface area contributed by atoms with Crippen LogP contribution in [0.4, 0.5) is 0 Å². The van der Waals surface area contributed by atoms with Crippen molar-refractivity contribution in [2.75, 3.05) is 26.2 Å². The SMILES string of the molecule is Cc1csc(C(=O)N2CCC(c3cc(C(=O)N4CCCC(C(N)=O)C4)on3)CC2)c1. The van der Waals surface area contributed by atoms with E-state index in [1.807, 2.05) is 23.3 Å². The van der Waals surface area contributed by atoms with Crippen molar-refractivity contribution in [1.82, 2.24) is 15.0 Å². The minimum Gasteiger partial charge on any atom is -0.369 e. The first-order chi connectivity index (χ1) is 14.4. The maximum absolute atomic E-state index is 12.8. The molecule has 8 nitrogen and oxygen atoms in total. The van der Waals surface area contributed by atoms with Crippen molar-refractivity contribution in [2.45, 2.75) is 38.5 Å². The van der Waals surface area contributed by atoms with Crippen molar-refractivity contribution in [2.24, 2.45) is 11.7 Å². The summed E-state index contributed by atoms with van der Waals surface area (Å²) >= 11 is 1.48. The average molecular weight is 431 g/mol. The summed E-state index contributed by atoms with van der Waals surface area (Å²) in [6.45, 7) is 4.21. The van der Waals surface area contributed by atoms with Gasteiger partial charge in [0.15, 0.2) is 0 Å². The molecule has 0 bridgehead atoms. The number of carbonyl (C=O) groups is 3. The second-order valence-electron chi connectivity index (χ2n) is 8.16. The van der Waals surface area contributed by atoms with Crippen LogP contribution in [-0.4, -0.2) is 58.9 Å². The molecular formula is C21H26N4O4S. The van der Waals surface area contributed by atoms with Gasteiger partial charge in [-0.2, -0.15) is 0 Å². The summed E-state index contributed by atoms with van der Waals surface area (Å²) in [6.07, 6.45) is 3.02. The van der Waals surface area contributed by atoms with E-state index in [0.717, 1.165) is 35.4 Å². The summed E-state index contributed by atoms with van der Waals surface area (Å²) in [7, 11) is 0. The van der Waals surface area contributed by atoms with E-state index in [4.69, 9.17) is 10.3 Å². The third kappa shape index (κ3) is 4.26. The molecule has 1 atom stereocenters. The molecule has 160 valence electrons. The molecule has 30 heavy (non-hydrogen) atoms. The number of carbonyl (C=O) groups excluding carboxylic acids is 3. The van der Waals surface area contributed by atoms with E-state index in [0.29, 0.717) is 32.6 Å². The van der Waals surface area contributed by atoms with Gasteiger partial charge in [-0.3, -0.25) is 14.4 Å². The fourth-order valence-corrected chi connectivity index (χ4v) is 5.07. The maximum atomic E-state index is 12.8. The Hall–Kier alpha value is -2.68. The lowest BCUT2D eigenvalue weighted by Crippen LogP contribution is -2.44. The summed E-state index contributed by atoms with van der Waals surface area (Å²) in [5.74, 6) is -0.493. The van der Waals surface area contributed by atoms with Crippen molar-refractivity contribution in [3.8, 4) is 0 Å². The van der Waals surface area contributed by atoms with Crippen LogP contribution in [0.25, 0.3) is 0 Å². The summed E-state index contributed by atoms with van der Waals surface area (Å²) in [5, 5.41) is 6.11. The number of primary amides is 1. The van der Waals surface area contributed by atoms with Gasteiger partial charge >= 0.3 is 0 Å². The highest BCUT2D eigenvalue weighted by Gasteiger charge is 2.31. The minimum atomic E-state index is -0.371. The number of likely N-dealkylation sites (tertiary alicyclic amines) is 2. The Morgan fingerprint density at radius 3 is 2.53 bits per heavy atom. The van der Waals surface area contributed by atoms with Gasteiger partial charge in [-0.15, -0.1) is 11.3 Å². The van der Waals surface area contributed by atoms with Gasteiger partial charge in [0.25, 0.3) is 11.8 Å². The van der Waals surface area contributed by atoms with Gasteiger partial charge in [-0.1, -0.05) is 5.16 Å². The summed E-state index contributed by atoms with van der Waals surface area (Å²) in [5.41, 5.74) is 7.26. The normalized spacial score (nSPS) is 20.4. The van der Waals surface area contributed by atoms with Gasteiger partial charge < -0.3 is 20.1 Å².